The van der Waals surface area contributed by atoms with Crippen LogP contribution in [-0.4, -0.2) is 74.2 Å². The fraction of sp³-hybridized carbons (Fsp3) is 0.923. The highest BCUT2D eigenvalue weighted by Gasteiger charge is 2.40. The minimum absolute atomic E-state index is 0.0710. The van der Waals surface area contributed by atoms with E-state index in [1.165, 1.54) is 4.31 Å². The Balaban J connectivity index is 1.93. The van der Waals surface area contributed by atoms with Gasteiger partial charge in [-0.3, -0.25) is 4.79 Å². The molecule has 0 aromatic carbocycles. The summed E-state index contributed by atoms with van der Waals surface area (Å²) in [5.74, 6) is 0.0948. The van der Waals surface area contributed by atoms with Gasteiger partial charge in [-0.15, -0.1) is 0 Å². The lowest BCUT2D eigenvalue weighted by Crippen LogP contribution is -2.61. The number of ether oxygens (including phenoxy) is 1. The Morgan fingerprint density at radius 1 is 1.19 bits per heavy atom. The van der Waals surface area contributed by atoms with Crippen molar-refractivity contribution in [3.8, 4) is 0 Å². The van der Waals surface area contributed by atoms with Gasteiger partial charge in [-0.1, -0.05) is 6.92 Å². The van der Waals surface area contributed by atoms with Crippen LogP contribution in [0.15, 0.2) is 0 Å². The average Bonchev–Trinajstić information content (AvgIpc) is 2.47. The molecule has 2 aliphatic rings. The van der Waals surface area contributed by atoms with E-state index < -0.39 is 15.6 Å². The van der Waals surface area contributed by atoms with Crippen molar-refractivity contribution < 1.29 is 17.9 Å². The molecule has 8 heteroatoms. The molecule has 2 rings (SSSR count). The van der Waals surface area contributed by atoms with Crippen LogP contribution in [0.1, 0.15) is 26.2 Å². The molecule has 2 fully saturated rings. The van der Waals surface area contributed by atoms with Gasteiger partial charge in [0.05, 0.1) is 11.3 Å². The molecule has 0 aromatic heterocycles. The molecular weight excluding hydrogens is 294 g/mol. The summed E-state index contributed by atoms with van der Waals surface area (Å²) in [6, 6.07) is 0. The zero-order valence-electron chi connectivity index (χ0n) is 12.6. The molecule has 0 saturated carbocycles. The lowest BCUT2D eigenvalue weighted by molar-refractivity contribution is -0.141. The van der Waals surface area contributed by atoms with Crippen molar-refractivity contribution in [1.29, 1.82) is 0 Å². The minimum atomic E-state index is -3.18. The number of rotatable bonds is 4. The number of nitrogens with zero attached hydrogens (tertiary/aromatic N) is 2. The van der Waals surface area contributed by atoms with E-state index in [9.17, 15) is 13.2 Å². The first-order chi connectivity index (χ1) is 9.89. The van der Waals surface area contributed by atoms with Crippen LogP contribution in [0.5, 0.6) is 0 Å². The Kier molecular flexibility index (Phi) is 5.24. The van der Waals surface area contributed by atoms with Crippen molar-refractivity contribution in [2.24, 2.45) is 5.73 Å². The van der Waals surface area contributed by atoms with Crippen LogP contribution in [0.25, 0.3) is 0 Å². The smallest absolute Gasteiger partial charge is 0.242 e. The molecule has 21 heavy (non-hydrogen) atoms. The van der Waals surface area contributed by atoms with Crippen LogP contribution >= 0.6 is 0 Å². The van der Waals surface area contributed by atoms with E-state index in [1.807, 2.05) is 6.92 Å². The highest BCUT2D eigenvalue weighted by atomic mass is 32.2. The Hall–Kier alpha value is -0.700. The summed E-state index contributed by atoms with van der Waals surface area (Å²) in [6.07, 6.45) is 1.66. The number of sulfonamides is 1. The van der Waals surface area contributed by atoms with Crippen molar-refractivity contribution in [3.63, 3.8) is 0 Å². The maximum absolute atomic E-state index is 12.5. The van der Waals surface area contributed by atoms with E-state index in [-0.39, 0.29) is 11.7 Å². The van der Waals surface area contributed by atoms with Gasteiger partial charge in [0, 0.05) is 39.4 Å². The highest BCUT2D eigenvalue weighted by molar-refractivity contribution is 7.89. The van der Waals surface area contributed by atoms with Crippen LogP contribution in [0, 0.1) is 0 Å². The van der Waals surface area contributed by atoms with Gasteiger partial charge in [-0.05, 0) is 19.3 Å². The second-order valence-electron chi connectivity index (χ2n) is 5.78. The van der Waals surface area contributed by atoms with E-state index in [0.717, 1.165) is 0 Å². The molecular formula is C13H25N3O4S. The number of hydrogen-bond acceptors (Lipinski definition) is 5. The summed E-state index contributed by atoms with van der Waals surface area (Å²) in [4.78, 5) is 14.2. The van der Waals surface area contributed by atoms with E-state index in [1.54, 1.807) is 4.90 Å². The lowest BCUT2D eigenvalue weighted by Gasteiger charge is -2.40. The van der Waals surface area contributed by atoms with E-state index >= 15 is 0 Å². The van der Waals surface area contributed by atoms with E-state index in [2.05, 4.69) is 0 Å². The quantitative estimate of drug-likeness (QED) is 0.745. The van der Waals surface area contributed by atoms with Crippen molar-refractivity contribution in [2.45, 2.75) is 31.7 Å². The van der Waals surface area contributed by atoms with Crippen LogP contribution in [0.4, 0.5) is 0 Å². The number of carbonyl (C=O) groups excluding carboxylic acids is 1. The normalized spacial score (nSPS) is 24.0. The Morgan fingerprint density at radius 2 is 1.76 bits per heavy atom. The number of nitrogens with two attached hydrogens (primary N) is 1. The molecule has 0 radical (unpaired) electrons. The van der Waals surface area contributed by atoms with Gasteiger partial charge in [-0.2, -0.15) is 4.31 Å². The van der Waals surface area contributed by atoms with Crippen LogP contribution in [0.3, 0.4) is 0 Å². The van der Waals surface area contributed by atoms with Gasteiger partial charge in [0.25, 0.3) is 0 Å². The minimum Gasteiger partial charge on any atom is -0.381 e. The molecule has 0 spiro atoms. The predicted molar refractivity (Wildman–Crippen MR) is 79.2 cm³/mol. The lowest BCUT2D eigenvalue weighted by atomic mass is 9.89. The van der Waals surface area contributed by atoms with E-state index in [0.29, 0.717) is 58.7 Å². The molecule has 0 atom stereocenters. The molecule has 122 valence electrons. The third-order valence-electron chi connectivity index (χ3n) is 4.19. The summed E-state index contributed by atoms with van der Waals surface area (Å²) in [6.45, 7) is 4.42. The van der Waals surface area contributed by atoms with Gasteiger partial charge in [0.2, 0.25) is 15.9 Å². The Labute approximate surface area is 126 Å². The zero-order valence-corrected chi connectivity index (χ0v) is 13.4. The predicted octanol–water partition coefficient (Wildman–Crippen LogP) is -0.622. The first-order valence-electron chi connectivity index (χ1n) is 7.53. The molecule has 0 bridgehead atoms. The Morgan fingerprint density at radius 3 is 2.29 bits per heavy atom. The summed E-state index contributed by atoms with van der Waals surface area (Å²) in [5, 5.41) is 0. The molecule has 2 saturated heterocycles. The molecule has 0 aromatic rings. The largest absolute Gasteiger partial charge is 0.381 e. The van der Waals surface area contributed by atoms with E-state index in [4.69, 9.17) is 10.5 Å². The second-order valence-corrected chi connectivity index (χ2v) is 7.86. The molecule has 1 amide bonds. The van der Waals surface area contributed by atoms with Crippen LogP contribution < -0.4 is 5.73 Å². The van der Waals surface area contributed by atoms with Gasteiger partial charge in [-0.25, -0.2) is 8.42 Å². The monoisotopic (exact) mass is 319 g/mol. The second kappa shape index (κ2) is 6.60. The van der Waals surface area contributed by atoms with Gasteiger partial charge in [0.1, 0.15) is 0 Å². The fourth-order valence-electron chi connectivity index (χ4n) is 2.82. The van der Waals surface area contributed by atoms with Crippen molar-refractivity contribution >= 4 is 15.9 Å². The van der Waals surface area contributed by atoms with Crippen molar-refractivity contribution in [1.82, 2.24) is 9.21 Å². The zero-order chi connectivity index (χ0) is 15.5. The molecule has 0 aliphatic carbocycles. The third kappa shape index (κ3) is 3.74. The maximum atomic E-state index is 12.5. The van der Waals surface area contributed by atoms with Gasteiger partial charge >= 0.3 is 0 Å². The van der Waals surface area contributed by atoms with Crippen molar-refractivity contribution in [2.75, 3.05) is 45.1 Å². The summed E-state index contributed by atoms with van der Waals surface area (Å²) in [7, 11) is -3.18. The SMILES string of the molecule is CCCS(=O)(=O)N1CCN(C(=O)C2(N)CCOCC2)CC1. The van der Waals surface area contributed by atoms with Crippen LogP contribution in [-0.2, 0) is 19.6 Å². The van der Waals surface area contributed by atoms with Crippen LogP contribution in [0.2, 0.25) is 0 Å². The molecule has 2 heterocycles. The highest BCUT2D eigenvalue weighted by Crippen LogP contribution is 2.21. The first-order valence-corrected chi connectivity index (χ1v) is 9.14. The number of hydrogen-bond donors (Lipinski definition) is 1. The standard InChI is InChI=1S/C13H25N3O4S/c1-2-11-21(18,19)16-7-5-15(6-8-16)12(17)13(14)3-9-20-10-4-13/h2-11,14H2,1H3. The fourth-order valence-corrected chi connectivity index (χ4v) is 4.31. The van der Waals surface area contributed by atoms with Crippen molar-refractivity contribution in [3.05, 3.63) is 0 Å². The number of carbonyl (C=O) groups is 1. The molecule has 2 N–H and O–H groups in total. The molecule has 0 unspecified atom stereocenters. The average molecular weight is 319 g/mol. The topological polar surface area (TPSA) is 92.9 Å². The van der Waals surface area contributed by atoms with Gasteiger partial charge < -0.3 is 15.4 Å². The molecule has 7 nitrogen and oxygen atoms in total. The molecule has 2 aliphatic heterocycles. The van der Waals surface area contributed by atoms with Gasteiger partial charge in [0.15, 0.2) is 0 Å². The summed E-state index contributed by atoms with van der Waals surface area (Å²) < 4.78 is 30.7. The maximum Gasteiger partial charge on any atom is 0.242 e. The number of amides is 1. The first kappa shape index (κ1) is 16.7. The summed E-state index contributed by atoms with van der Waals surface area (Å²) in [5.41, 5.74) is 5.35. The number of piperazine rings is 1. The third-order valence-corrected chi connectivity index (χ3v) is 6.27. The Bertz CT molecular complexity index is 466. The summed E-state index contributed by atoms with van der Waals surface area (Å²) >= 11 is 0.